The van der Waals surface area contributed by atoms with Crippen LogP contribution in [0.1, 0.15) is 18.4 Å². The summed E-state index contributed by atoms with van der Waals surface area (Å²) in [5.74, 6) is 0.108. The predicted octanol–water partition coefficient (Wildman–Crippen LogP) is 2.05. The molecule has 0 fully saturated rings. The molecule has 80 valence electrons. The van der Waals surface area contributed by atoms with Gasteiger partial charge in [0.05, 0.1) is 12.5 Å². The van der Waals surface area contributed by atoms with E-state index in [9.17, 15) is 4.79 Å². The number of carbonyl (C=O) groups excluding carboxylic acids is 1. The zero-order chi connectivity index (χ0) is 11.1. The van der Waals surface area contributed by atoms with Gasteiger partial charge in [0.1, 0.15) is 0 Å². The van der Waals surface area contributed by atoms with Crippen molar-refractivity contribution < 1.29 is 4.79 Å². The van der Waals surface area contributed by atoms with E-state index in [0.29, 0.717) is 19.4 Å². The van der Waals surface area contributed by atoms with E-state index in [1.165, 1.54) is 5.56 Å². The van der Waals surface area contributed by atoms with Gasteiger partial charge in [-0.05, 0) is 28.8 Å². The Morgan fingerprint density at radius 1 is 1.67 bits per heavy atom. The van der Waals surface area contributed by atoms with Crippen LogP contribution in [-0.4, -0.2) is 24.4 Å². The maximum Gasteiger partial charge on any atom is 0.222 e. The van der Waals surface area contributed by atoms with Crippen LogP contribution in [0.25, 0.3) is 0 Å². The molecule has 4 heteroatoms. The van der Waals surface area contributed by atoms with Gasteiger partial charge in [-0.3, -0.25) is 4.79 Å². The second-order valence-corrected chi connectivity index (χ2v) is 4.14. The van der Waals surface area contributed by atoms with Gasteiger partial charge in [0.15, 0.2) is 0 Å². The lowest BCUT2D eigenvalue weighted by Crippen LogP contribution is -2.27. The molecule has 0 atom stereocenters. The summed E-state index contributed by atoms with van der Waals surface area (Å²) in [7, 11) is 1.74. The second kappa shape index (κ2) is 6.20. The van der Waals surface area contributed by atoms with Gasteiger partial charge < -0.3 is 4.90 Å². The van der Waals surface area contributed by atoms with Crippen molar-refractivity contribution in [1.29, 1.82) is 5.26 Å². The largest absolute Gasteiger partial charge is 0.345 e. The number of rotatable bonds is 5. The van der Waals surface area contributed by atoms with E-state index in [1.807, 2.05) is 17.5 Å². The highest BCUT2D eigenvalue weighted by atomic mass is 32.1. The number of hydrogen-bond donors (Lipinski definition) is 0. The van der Waals surface area contributed by atoms with Crippen LogP contribution in [0.15, 0.2) is 16.8 Å². The molecule has 0 aliphatic rings. The second-order valence-electron chi connectivity index (χ2n) is 3.36. The van der Waals surface area contributed by atoms with Crippen molar-refractivity contribution >= 4 is 17.2 Å². The third-order valence-corrected chi connectivity index (χ3v) is 2.92. The molecule has 0 unspecified atom stereocenters. The summed E-state index contributed by atoms with van der Waals surface area (Å²) in [5.41, 5.74) is 1.21. The van der Waals surface area contributed by atoms with Crippen molar-refractivity contribution in [1.82, 2.24) is 4.90 Å². The standard InChI is InChI=1S/C11H14N2OS/c1-13(7-2-6-12)11(14)4-3-10-5-8-15-9-10/h5,8-9H,2-4,7H2,1H3. The first-order valence-corrected chi connectivity index (χ1v) is 5.80. The van der Waals surface area contributed by atoms with Gasteiger partial charge in [0, 0.05) is 20.0 Å². The highest BCUT2D eigenvalue weighted by molar-refractivity contribution is 7.07. The van der Waals surface area contributed by atoms with E-state index in [1.54, 1.807) is 23.3 Å². The lowest BCUT2D eigenvalue weighted by atomic mass is 10.2. The molecule has 0 spiro atoms. The first-order chi connectivity index (χ1) is 7.24. The average Bonchev–Trinajstić information content (AvgIpc) is 2.75. The van der Waals surface area contributed by atoms with Crippen molar-refractivity contribution in [2.75, 3.05) is 13.6 Å². The molecule has 0 aliphatic carbocycles. The molecule has 1 rings (SSSR count). The SMILES string of the molecule is CN(CCC#N)C(=O)CCc1ccsc1. The normalized spacial score (nSPS) is 9.60. The van der Waals surface area contributed by atoms with E-state index in [2.05, 4.69) is 5.38 Å². The molecule has 1 aromatic heterocycles. The van der Waals surface area contributed by atoms with Gasteiger partial charge >= 0.3 is 0 Å². The number of carbonyl (C=O) groups is 1. The Balaban J connectivity index is 2.27. The van der Waals surface area contributed by atoms with Crippen molar-refractivity contribution in [2.24, 2.45) is 0 Å². The van der Waals surface area contributed by atoms with Crippen LogP contribution in [0.2, 0.25) is 0 Å². The minimum atomic E-state index is 0.108. The molecule has 0 saturated carbocycles. The monoisotopic (exact) mass is 222 g/mol. The lowest BCUT2D eigenvalue weighted by Gasteiger charge is -2.14. The summed E-state index contributed by atoms with van der Waals surface area (Å²) >= 11 is 1.65. The minimum Gasteiger partial charge on any atom is -0.345 e. The first-order valence-electron chi connectivity index (χ1n) is 4.86. The van der Waals surface area contributed by atoms with Crippen LogP contribution in [0, 0.1) is 11.3 Å². The van der Waals surface area contributed by atoms with E-state index in [4.69, 9.17) is 5.26 Å². The quantitative estimate of drug-likeness (QED) is 0.765. The van der Waals surface area contributed by atoms with Crippen LogP contribution < -0.4 is 0 Å². The van der Waals surface area contributed by atoms with Crippen LogP contribution in [0.5, 0.6) is 0 Å². The van der Waals surface area contributed by atoms with Gasteiger partial charge in [-0.25, -0.2) is 0 Å². The van der Waals surface area contributed by atoms with Gasteiger partial charge in [0.2, 0.25) is 5.91 Å². The van der Waals surface area contributed by atoms with E-state index in [-0.39, 0.29) is 5.91 Å². The van der Waals surface area contributed by atoms with Gasteiger partial charge in [-0.2, -0.15) is 16.6 Å². The molecule has 0 saturated heterocycles. The third-order valence-electron chi connectivity index (χ3n) is 2.19. The number of nitriles is 1. The van der Waals surface area contributed by atoms with Gasteiger partial charge in [0.25, 0.3) is 0 Å². The molecule has 0 aliphatic heterocycles. The van der Waals surface area contributed by atoms with Gasteiger partial charge in [-0.15, -0.1) is 0 Å². The highest BCUT2D eigenvalue weighted by Gasteiger charge is 2.07. The van der Waals surface area contributed by atoms with Crippen molar-refractivity contribution in [2.45, 2.75) is 19.3 Å². The Labute approximate surface area is 93.9 Å². The molecule has 0 N–H and O–H groups in total. The fourth-order valence-corrected chi connectivity index (χ4v) is 1.92. The van der Waals surface area contributed by atoms with E-state index >= 15 is 0 Å². The summed E-state index contributed by atoms with van der Waals surface area (Å²) < 4.78 is 0. The number of aryl methyl sites for hydroxylation is 1. The molecule has 0 aromatic carbocycles. The lowest BCUT2D eigenvalue weighted by molar-refractivity contribution is -0.129. The summed E-state index contributed by atoms with van der Waals surface area (Å²) in [5, 5.41) is 12.5. The van der Waals surface area contributed by atoms with E-state index < -0.39 is 0 Å². The van der Waals surface area contributed by atoms with Crippen LogP contribution >= 0.6 is 11.3 Å². The number of hydrogen-bond acceptors (Lipinski definition) is 3. The molecule has 15 heavy (non-hydrogen) atoms. The summed E-state index contributed by atoms with van der Waals surface area (Å²) in [6.45, 7) is 0.527. The van der Waals surface area contributed by atoms with E-state index in [0.717, 1.165) is 6.42 Å². The fourth-order valence-electron chi connectivity index (χ4n) is 1.22. The average molecular weight is 222 g/mol. The smallest absolute Gasteiger partial charge is 0.222 e. The maximum atomic E-state index is 11.6. The first kappa shape index (κ1) is 11.7. The molecule has 1 aromatic rings. The Morgan fingerprint density at radius 2 is 2.47 bits per heavy atom. The van der Waals surface area contributed by atoms with Crippen LogP contribution in [0.4, 0.5) is 0 Å². The summed E-state index contributed by atoms with van der Waals surface area (Å²) in [6, 6.07) is 4.07. The zero-order valence-electron chi connectivity index (χ0n) is 8.77. The minimum absolute atomic E-state index is 0.108. The molecular weight excluding hydrogens is 208 g/mol. The number of nitrogens with zero attached hydrogens (tertiary/aromatic N) is 2. The molecule has 1 amide bonds. The predicted molar refractivity (Wildman–Crippen MR) is 60.5 cm³/mol. The van der Waals surface area contributed by atoms with Crippen molar-refractivity contribution in [3.8, 4) is 6.07 Å². The fraction of sp³-hybridized carbons (Fsp3) is 0.455. The molecule has 3 nitrogen and oxygen atoms in total. The van der Waals surface area contributed by atoms with Crippen molar-refractivity contribution in [3.05, 3.63) is 22.4 Å². The molecular formula is C11H14N2OS. The maximum absolute atomic E-state index is 11.6. The third kappa shape index (κ3) is 4.13. The highest BCUT2D eigenvalue weighted by Crippen LogP contribution is 2.09. The summed E-state index contributed by atoms with van der Waals surface area (Å²) in [4.78, 5) is 13.2. The number of thiophene rings is 1. The molecule has 1 heterocycles. The van der Waals surface area contributed by atoms with Gasteiger partial charge in [-0.1, -0.05) is 0 Å². The Kier molecular flexibility index (Phi) is 4.85. The molecule has 0 radical (unpaired) electrons. The Hall–Kier alpha value is -1.34. The Bertz CT molecular complexity index is 340. The van der Waals surface area contributed by atoms with Crippen LogP contribution in [0.3, 0.4) is 0 Å². The topological polar surface area (TPSA) is 44.1 Å². The van der Waals surface area contributed by atoms with Crippen molar-refractivity contribution in [3.63, 3.8) is 0 Å². The zero-order valence-corrected chi connectivity index (χ0v) is 9.59. The van der Waals surface area contributed by atoms with Crippen LogP contribution in [-0.2, 0) is 11.2 Å². The molecule has 0 bridgehead atoms. The summed E-state index contributed by atoms with van der Waals surface area (Å²) in [6.07, 6.45) is 1.72. The number of amides is 1. The Morgan fingerprint density at radius 3 is 3.07 bits per heavy atom.